The fourth-order valence-corrected chi connectivity index (χ4v) is 4.04. The monoisotopic (exact) mass is 330 g/mol. The molecule has 1 aliphatic rings. The number of morpholine rings is 1. The standard InChI is InChI=1S/C13H18N2O4S2/c1-9-6-10(13(14)20)2-3-12(9)21(17,18)15-4-5-19-11(7-15)8-16/h2-3,6,11,16H,4-5,7-8H2,1H3,(H2,14,20). The number of hydrogen-bond donors (Lipinski definition) is 2. The number of aryl methyl sites for hydroxylation is 1. The number of thiocarbonyl (C=S) groups is 1. The van der Waals surface area contributed by atoms with Crippen molar-refractivity contribution in [3.63, 3.8) is 0 Å². The largest absolute Gasteiger partial charge is 0.394 e. The van der Waals surface area contributed by atoms with Gasteiger partial charge in [-0.25, -0.2) is 8.42 Å². The van der Waals surface area contributed by atoms with Crippen LogP contribution in [0.5, 0.6) is 0 Å². The summed E-state index contributed by atoms with van der Waals surface area (Å²) in [5.74, 6) is 0. The van der Waals surface area contributed by atoms with E-state index in [4.69, 9.17) is 27.8 Å². The van der Waals surface area contributed by atoms with Crippen LogP contribution in [0.4, 0.5) is 0 Å². The lowest BCUT2D eigenvalue weighted by atomic mass is 10.1. The van der Waals surface area contributed by atoms with Gasteiger partial charge in [-0.2, -0.15) is 4.31 Å². The van der Waals surface area contributed by atoms with Crippen LogP contribution in [-0.2, 0) is 14.8 Å². The lowest BCUT2D eigenvalue weighted by Gasteiger charge is -2.31. The zero-order valence-corrected chi connectivity index (χ0v) is 13.3. The molecular weight excluding hydrogens is 312 g/mol. The van der Waals surface area contributed by atoms with E-state index in [0.717, 1.165) is 0 Å². The van der Waals surface area contributed by atoms with Gasteiger partial charge in [0.05, 0.1) is 24.2 Å². The minimum atomic E-state index is -3.62. The summed E-state index contributed by atoms with van der Waals surface area (Å²) in [5, 5.41) is 9.12. The smallest absolute Gasteiger partial charge is 0.243 e. The molecule has 0 saturated carbocycles. The van der Waals surface area contributed by atoms with Gasteiger partial charge in [-0.3, -0.25) is 0 Å². The minimum absolute atomic E-state index is 0.148. The Labute approximate surface area is 129 Å². The second-order valence-electron chi connectivity index (χ2n) is 4.88. The third-order valence-corrected chi connectivity index (χ3v) is 5.64. The number of ether oxygens (including phenoxy) is 1. The molecular formula is C13H18N2O4S2. The van der Waals surface area contributed by atoms with Crippen LogP contribution >= 0.6 is 12.2 Å². The second kappa shape index (κ2) is 6.37. The molecule has 3 N–H and O–H groups in total. The number of aliphatic hydroxyl groups excluding tert-OH is 1. The first-order valence-electron chi connectivity index (χ1n) is 6.49. The van der Waals surface area contributed by atoms with Crippen LogP contribution in [0.15, 0.2) is 23.1 Å². The molecule has 0 spiro atoms. The van der Waals surface area contributed by atoms with Crippen molar-refractivity contribution >= 4 is 27.2 Å². The number of aliphatic hydroxyl groups is 1. The van der Waals surface area contributed by atoms with Crippen molar-refractivity contribution in [3.05, 3.63) is 29.3 Å². The van der Waals surface area contributed by atoms with Crippen LogP contribution < -0.4 is 5.73 Å². The molecule has 1 saturated heterocycles. The van der Waals surface area contributed by atoms with E-state index in [9.17, 15) is 8.42 Å². The van der Waals surface area contributed by atoms with Gasteiger partial charge in [-0.1, -0.05) is 18.3 Å². The fraction of sp³-hybridized carbons (Fsp3) is 0.462. The summed E-state index contributed by atoms with van der Waals surface area (Å²) in [6.07, 6.45) is -0.482. The molecule has 1 atom stereocenters. The summed E-state index contributed by atoms with van der Waals surface area (Å²) in [7, 11) is -3.62. The number of hydrogen-bond acceptors (Lipinski definition) is 5. The van der Waals surface area contributed by atoms with E-state index >= 15 is 0 Å². The number of sulfonamides is 1. The highest BCUT2D eigenvalue weighted by atomic mass is 32.2. The fourth-order valence-electron chi connectivity index (χ4n) is 2.25. The molecule has 21 heavy (non-hydrogen) atoms. The van der Waals surface area contributed by atoms with Gasteiger partial charge in [-0.05, 0) is 24.6 Å². The van der Waals surface area contributed by atoms with Crippen LogP contribution in [0.25, 0.3) is 0 Å². The van der Waals surface area contributed by atoms with Gasteiger partial charge in [-0.15, -0.1) is 0 Å². The summed E-state index contributed by atoms with van der Waals surface area (Å²) in [5.41, 5.74) is 6.77. The highest BCUT2D eigenvalue weighted by Gasteiger charge is 2.31. The molecule has 1 fully saturated rings. The lowest BCUT2D eigenvalue weighted by Crippen LogP contribution is -2.46. The normalized spacial score (nSPS) is 20.4. The molecule has 1 aliphatic heterocycles. The quantitative estimate of drug-likeness (QED) is 0.756. The average Bonchev–Trinajstić information content (AvgIpc) is 2.46. The average molecular weight is 330 g/mol. The molecule has 1 unspecified atom stereocenters. The first kappa shape index (κ1) is 16.3. The molecule has 0 amide bonds. The first-order chi connectivity index (χ1) is 9.86. The van der Waals surface area contributed by atoms with Gasteiger partial charge in [0.15, 0.2) is 0 Å². The van der Waals surface area contributed by atoms with E-state index in [0.29, 0.717) is 11.1 Å². The molecule has 0 aliphatic carbocycles. The van der Waals surface area contributed by atoms with Gasteiger partial charge < -0.3 is 15.6 Å². The van der Waals surface area contributed by atoms with Crippen LogP contribution in [0.3, 0.4) is 0 Å². The van der Waals surface area contributed by atoms with E-state index in [-0.39, 0.29) is 36.2 Å². The van der Waals surface area contributed by atoms with Crippen LogP contribution in [0.2, 0.25) is 0 Å². The van der Waals surface area contributed by atoms with Gasteiger partial charge in [0.1, 0.15) is 4.99 Å². The van der Waals surface area contributed by atoms with E-state index in [2.05, 4.69) is 0 Å². The Morgan fingerprint density at radius 3 is 2.86 bits per heavy atom. The number of nitrogens with two attached hydrogens (primary N) is 1. The third-order valence-electron chi connectivity index (χ3n) is 3.38. The third kappa shape index (κ3) is 3.41. The Kier molecular flexibility index (Phi) is 4.95. The van der Waals surface area contributed by atoms with Crippen molar-refractivity contribution in [2.75, 3.05) is 26.3 Å². The molecule has 0 bridgehead atoms. The Bertz CT molecular complexity index is 646. The molecule has 116 valence electrons. The summed E-state index contributed by atoms with van der Waals surface area (Å²) < 4.78 is 32.0. The maximum Gasteiger partial charge on any atom is 0.243 e. The zero-order valence-electron chi connectivity index (χ0n) is 11.7. The molecule has 6 nitrogen and oxygen atoms in total. The van der Waals surface area contributed by atoms with E-state index in [1.165, 1.54) is 10.4 Å². The van der Waals surface area contributed by atoms with Crippen molar-refractivity contribution in [2.45, 2.75) is 17.9 Å². The van der Waals surface area contributed by atoms with Gasteiger partial charge in [0.2, 0.25) is 10.0 Å². The maximum absolute atomic E-state index is 12.7. The van der Waals surface area contributed by atoms with Crippen LogP contribution in [-0.4, -0.2) is 55.2 Å². The van der Waals surface area contributed by atoms with Crippen molar-refractivity contribution in [1.82, 2.24) is 4.31 Å². The second-order valence-corrected chi connectivity index (χ2v) is 7.23. The van der Waals surface area contributed by atoms with Gasteiger partial charge in [0.25, 0.3) is 0 Å². The molecule has 1 heterocycles. The van der Waals surface area contributed by atoms with E-state index in [1.807, 2.05) is 0 Å². The minimum Gasteiger partial charge on any atom is -0.394 e. The topological polar surface area (TPSA) is 92.9 Å². The summed E-state index contributed by atoms with van der Waals surface area (Å²) in [4.78, 5) is 0.454. The Balaban J connectivity index is 2.33. The van der Waals surface area contributed by atoms with Crippen molar-refractivity contribution < 1.29 is 18.3 Å². The van der Waals surface area contributed by atoms with E-state index < -0.39 is 16.1 Å². The van der Waals surface area contributed by atoms with Gasteiger partial charge >= 0.3 is 0 Å². The molecule has 8 heteroatoms. The summed E-state index contributed by atoms with van der Waals surface area (Å²) in [6, 6.07) is 4.79. The van der Waals surface area contributed by atoms with Crippen LogP contribution in [0, 0.1) is 6.92 Å². The van der Waals surface area contributed by atoms with Crippen molar-refractivity contribution in [1.29, 1.82) is 0 Å². The summed E-state index contributed by atoms with van der Waals surface area (Å²) in [6.45, 7) is 2.20. The van der Waals surface area contributed by atoms with Gasteiger partial charge in [0, 0.05) is 18.7 Å². The van der Waals surface area contributed by atoms with Crippen molar-refractivity contribution in [2.24, 2.45) is 5.73 Å². The Morgan fingerprint density at radius 1 is 1.57 bits per heavy atom. The molecule has 1 aromatic rings. The number of benzene rings is 1. The molecule has 2 rings (SSSR count). The predicted molar refractivity (Wildman–Crippen MR) is 82.7 cm³/mol. The first-order valence-corrected chi connectivity index (χ1v) is 8.34. The Morgan fingerprint density at radius 2 is 2.29 bits per heavy atom. The predicted octanol–water partition coefficient (Wildman–Crippen LogP) is 0.0110. The number of rotatable bonds is 4. The maximum atomic E-state index is 12.7. The highest BCUT2D eigenvalue weighted by Crippen LogP contribution is 2.23. The Hall–Kier alpha value is -1.06. The highest BCUT2D eigenvalue weighted by molar-refractivity contribution is 7.89. The zero-order chi connectivity index (χ0) is 15.6. The SMILES string of the molecule is Cc1cc(C(N)=S)ccc1S(=O)(=O)N1CCOC(CO)C1. The van der Waals surface area contributed by atoms with Crippen LogP contribution in [0.1, 0.15) is 11.1 Å². The molecule has 1 aromatic carbocycles. The van der Waals surface area contributed by atoms with Crippen molar-refractivity contribution in [3.8, 4) is 0 Å². The van der Waals surface area contributed by atoms with E-state index in [1.54, 1.807) is 19.1 Å². The molecule has 0 aromatic heterocycles. The molecule has 0 radical (unpaired) electrons. The number of nitrogens with zero attached hydrogens (tertiary/aromatic N) is 1. The lowest BCUT2D eigenvalue weighted by molar-refractivity contribution is -0.0304. The summed E-state index contributed by atoms with van der Waals surface area (Å²) >= 11 is 4.89.